The number of aromatic nitrogens is 4. The van der Waals surface area contributed by atoms with Gasteiger partial charge in [0.2, 0.25) is 0 Å². The number of carbonyl (C=O) groups is 1. The molecule has 2 rings (SSSR count). The fourth-order valence-corrected chi connectivity index (χ4v) is 2.34. The fourth-order valence-electron chi connectivity index (χ4n) is 0.942. The van der Waals surface area contributed by atoms with E-state index >= 15 is 0 Å². The van der Waals surface area contributed by atoms with Gasteiger partial charge in [0, 0.05) is 15.4 Å². The first-order chi connectivity index (χ1) is 7.75. The van der Waals surface area contributed by atoms with Gasteiger partial charge in [0.25, 0.3) is 11.9 Å². The molecule has 6 nitrogen and oxygen atoms in total. The number of halogens is 1. The molecule has 8 heteroatoms. The van der Waals surface area contributed by atoms with Gasteiger partial charge in [-0.25, -0.2) is 0 Å². The maximum absolute atomic E-state index is 11.4. The van der Waals surface area contributed by atoms with Crippen LogP contribution in [0.15, 0.2) is 22.0 Å². The van der Waals surface area contributed by atoms with E-state index in [-0.39, 0.29) is 11.9 Å². The highest BCUT2D eigenvalue weighted by atomic mass is 79.9. The van der Waals surface area contributed by atoms with Gasteiger partial charge in [-0.1, -0.05) is 5.10 Å². The predicted molar refractivity (Wildman–Crippen MR) is 63.9 cm³/mol. The number of nitrogens with one attached hydrogen (secondary N) is 2. The molecule has 0 spiro atoms. The third kappa shape index (κ3) is 2.74. The molecule has 0 bridgehead atoms. The van der Waals surface area contributed by atoms with Gasteiger partial charge in [0.1, 0.15) is 0 Å². The van der Waals surface area contributed by atoms with Crippen LogP contribution in [-0.4, -0.2) is 26.5 Å². The third-order valence-corrected chi connectivity index (χ3v) is 3.45. The molecule has 0 unspecified atom stereocenters. The SMILES string of the molecule is O=C(C=Cc1sccc1Br)Nc1nn[nH]n1. The van der Waals surface area contributed by atoms with Gasteiger partial charge in [-0.05, 0) is 38.7 Å². The number of aromatic amines is 1. The summed E-state index contributed by atoms with van der Waals surface area (Å²) < 4.78 is 0.959. The van der Waals surface area contributed by atoms with Crippen LogP contribution in [0, 0.1) is 0 Å². The molecular weight excluding hydrogens is 294 g/mol. The summed E-state index contributed by atoms with van der Waals surface area (Å²) in [4.78, 5) is 12.4. The summed E-state index contributed by atoms with van der Waals surface area (Å²) in [7, 11) is 0. The molecule has 2 aromatic heterocycles. The number of hydrogen-bond donors (Lipinski definition) is 2. The lowest BCUT2D eigenvalue weighted by atomic mass is 10.4. The maximum atomic E-state index is 11.4. The molecule has 2 N–H and O–H groups in total. The van der Waals surface area contributed by atoms with E-state index < -0.39 is 0 Å². The first kappa shape index (κ1) is 11.0. The molecule has 1 amide bonds. The summed E-state index contributed by atoms with van der Waals surface area (Å²) >= 11 is 4.90. The summed E-state index contributed by atoms with van der Waals surface area (Å²) in [5.74, 6) is -0.151. The Bertz CT molecular complexity index is 506. The van der Waals surface area contributed by atoms with E-state index in [2.05, 4.69) is 41.9 Å². The second kappa shape index (κ2) is 4.99. The van der Waals surface area contributed by atoms with Crippen molar-refractivity contribution in [1.82, 2.24) is 20.6 Å². The molecule has 0 saturated heterocycles. The predicted octanol–water partition coefficient (Wildman–Crippen LogP) is 1.68. The average Bonchev–Trinajstić information content (AvgIpc) is 2.87. The van der Waals surface area contributed by atoms with Crippen molar-refractivity contribution in [2.75, 3.05) is 5.32 Å². The Morgan fingerprint density at radius 2 is 2.50 bits per heavy atom. The van der Waals surface area contributed by atoms with Crippen molar-refractivity contribution < 1.29 is 4.79 Å². The topological polar surface area (TPSA) is 83.6 Å². The standard InChI is InChI=1S/C8H6BrN5OS/c9-5-3-4-16-6(5)1-2-7(15)10-8-11-13-14-12-8/h1-4H,(H2,10,11,12,13,14,15). The maximum Gasteiger partial charge on any atom is 0.270 e. The van der Waals surface area contributed by atoms with Crippen LogP contribution >= 0.6 is 27.3 Å². The lowest BCUT2D eigenvalue weighted by Gasteiger charge is -1.92. The molecule has 0 aromatic carbocycles. The number of H-pyrrole nitrogens is 1. The highest BCUT2D eigenvalue weighted by Crippen LogP contribution is 2.23. The van der Waals surface area contributed by atoms with Crippen LogP contribution in [0.2, 0.25) is 0 Å². The van der Waals surface area contributed by atoms with Crippen LogP contribution < -0.4 is 5.32 Å². The normalized spacial score (nSPS) is 10.8. The molecule has 2 aromatic rings. The highest BCUT2D eigenvalue weighted by Gasteiger charge is 2.02. The van der Waals surface area contributed by atoms with Crippen LogP contribution in [0.4, 0.5) is 5.95 Å². The van der Waals surface area contributed by atoms with E-state index in [4.69, 9.17) is 0 Å². The molecular formula is C8H6BrN5OS. The van der Waals surface area contributed by atoms with E-state index in [9.17, 15) is 4.79 Å². The first-order valence-corrected chi connectivity index (χ1v) is 5.88. The number of carbonyl (C=O) groups excluding carboxylic acids is 1. The van der Waals surface area contributed by atoms with Crippen LogP contribution in [0.3, 0.4) is 0 Å². The van der Waals surface area contributed by atoms with Crippen LogP contribution in [-0.2, 0) is 4.79 Å². The summed E-state index contributed by atoms with van der Waals surface area (Å²) in [6.07, 6.45) is 3.12. The van der Waals surface area contributed by atoms with Crippen molar-refractivity contribution in [2.24, 2.45) is 0 Å². The Labute approximate surface area is 103 Å². The zero-order valence-electron chi connectivity index (χ0n) is 7.85. The summed E-state index contributed by atoms with van der Waals surface area (Å²) in [6.45, 7) is 0. The quantitative estimate of drug-likeness (QED) is 0.845. The molecule has 0 aliphatic heterocycles. The lowest BCUT2D eigenvalue weighted by Crippen LogP contribution is -2.08. The van der Waals surface area contributed by atoms with Crippen LogP contribution in [0.25, 0.3) is 6.08 Å². The first-order valence-electron chi connectivity index (χ1n) is 4.21. The van der Waals surface area contributed by atoms with Gasteiger partial charge in [-0.15, -0.1) is 16.4 Å². The minimum absolute atomic E-state index is 0.153. The van der Waals surface area contributed by atoms with Gasteiger partial charge < -0.3 is 0 Å². The van der Waals surface area contributed by atoms with Crippen molar-refractivity contribution in [3.8, 4) is 0 Å². The zero-order valence-corrected chi connectivity index (χ0v) is 10.2. The number of nitrogens with zero attached hydrogens (tertiary/aromatic N) is 3. The lowest BCUT2D eigenvalue weighted by molar-refractivity contribution is -0.111. The number of thiophene rings is 1. The Morgan fingerprint density at radius 3 is 3.12 bits per heavy atom. The summed E-state index contributed by atoms with van der Waals surface area (Å²) in [5.41, 5.74) is 0. The number of amides is 1. The van der Waals surface area contributed by atoms with Crippen molar-refractivity contribution in [3.05, 3.63) is 26.9 Å². The fraction of sp³-hybridized carbons (Fsp3) is 0. The molecule has 16 heavy (non-hydrogen) atoms. The number of hydrogen-bond acceptors (Lipinski definition) is 5. The van der Waals surface area contributed by atoms with E-state index in [0.717, 1.165) is 9.35 Å². The molecule has 0 aliphatic carbocycles. The molecule has 82 valence electrons. The van der Waals surface area contributed by atoms with Crippen molar-refractivity contribution in [2.45, 2.75) is 0 Å². The van der Waals surface area contributed by atoms with Gasteiger partial charge >= 0.3 is 0 Å². The third-order valence-electron chi connectivity index (χ3n) is 1.61. The summed E-state index contributed by atoms with van der Waals surface area (Å²) in [6, 6.07) is 1.92. The molecule has 2 heterocycles. The van der Waals surface area contributed by atoms with E-state index in [1.165, 1.54) is 17.4 Å². The van der Waals surface area contributed by atoms with Crippen molar-refractivity contribution in [1.29, 1.82) is 0 Å². The van der Waals surface area contributed by atoms with Crippen molar-refractivity contribution >= 4 is 45.2 Å². The molecule has 0 saturated carbocycles. The number of rotatable bonds is 3. The van der Waals surface area contributed by atoms with Crippen molar-refractivity contribution in [3.63, 3.8) is 0 Å². The van der Waals surface area contributed by atoms with E-state index in [1.54, 1.807) is 6.08 Å². The van der Waals surface area contributed by atoms with Gasteiger partial charge in [0.15, 0.2) is 0 Å². The molecule has 0 fully saturated rings. The van der Waals surface area contributed by atoms with Crippen LogP contribution in [0.5, 0.6) is 0 Å². The second-order valence-corrected chi connectivity index (χ2v) is 4.49. The largest absolute Gasteiger partial charge is 0.288 e. The zero-order chi connectivity index (χ0) is 11.4. The second-order valence-electron chi connectivity index (χ2n) is 2.69. The minimum atomic E-state index is -0.304. The minimum Gasteiger partial charge on any atom is -0.288 e. The Kier molecular flexibility index (Phi) is 3.42. The van der Waals surface area contributed by atoms with Gasteiger partial charge in [0.05, 0.1) is 0 Å². The van der Waals surface area contributed by atoms with Gasteiger partial charge in [-0.3, -0.25) is 10.1 Å². The monoisotopic (exact) mass is 299 g/mol. The van der Waals surface area contributed by atoms with E-state index in [0.29, 0.717) is 0 Å². The molecule has 0 aliphatic rings. The van der Waals surface area contributed by atoms with Crippen LogP contribution in [0.1, 0.15) is 4.88 Å². The molecule has 0 radical (unpaired) electrons. The van der Waals surface area contributed by atoms with Gasteiger partial charge in [-0.2, -0.15) is 5.21 Å². The number of anilines is 1. The Hall–Kier alpha value is -1.54. The van der Waals surface area contributed by atoms with E-state index in [1.807, 2.05) is 11.4 Å². The molecule has 0 atom stereocenters. The Balaban J connectivity index is 1.98. The number of tetrazole rings is 1. The smallest absolute Gasteiger partial charge is 0.270 e. The highest BCUT2D eigenvalue weighted by molar-refractivity contribution is 9.10. The average molecular weight is 300 g/mol. The summed E-state index contributed by atoms with van der Waals surface area (Å²) in [5, 5.41) is 17.1. The Morgan fingerprint density at radius 1 is 1.62 bits per heavy atom.